The van der Waals surface area contributed by atoms with Crippen molar-refractivity contribution in [3.8, 4) is 6.07 Å². The van der Waals surface area contributed by atoms with E-state index in [4.69, 9.17) is 11.6 Å². The first kappa shape index (κ1) is 18.5. The molecule has 0 unspecified atom stereocenters. The van der Waals surface area contributed by atoms with E-state index in [1.54, 1.807) is 12.1 Å². The Morgan fingerprint density at radius 2 is 2.08 bits per heavy atom. The van der Waals surface area contributed by atoms with Crippen molar-refractivity contribution >= 4 is 29.0 Å². The van der Waals surface area contributed by atoms with E-state index in [2.05, 4.69) is 29.5 Å². The third kappa shape index (κ3) is 4.82. The SMILES string of the molecule is Cc1cccc(C(C)C)c1NC(=O)/C(C#N)=C\Nc1ccc(Cl)cn1. The fourth-order valence-corrected chi connectivity index (χ4v) is 2.39. The maximum Gasteiger partial charge on any atom is 0.267 e. The summed E-state index contributed by atoms with van der Waals surface area (Å²) in [5, 5.41) is 15.5. The lowest BCUT2D eigenvalue weighted by atomic mass is 9.98. The zero-order valence-electron chi connectivity index (χ0n) is 14.3. The van der Waals surface area contributed by atoms with Gasteiger partial charge in [-0.3, -0.25) is 4.79 Å². The monoisotopic (exact) mass is 354 g/mol. The van der Waals surface area contributed by atoms with Crippen LogP contribution in [0, 0.1) is 18.3 Å². The number of hydrogen-bond acceptors (Lipinski definition) is 4. The third-order valence-electron chi connectivity index (χ3n) is 3.62. The van der Waals surface area contributed by atoms with Gasteiger partial charge in [0.1, 0.15) is 17.5 Å². The van der Waals surface area contributed by atoms with Gasteiger partial charge in [0.15, 0.2) is 0 Å². The van der Waals surface area contributed by atoms with Crippen molar-refractivity contribution in [3.63, 3.8) is 0 Å². The van der Waals surface area contributed by atoms with E-state index in [-0.39, 0.29) is 11.5 Å². The van der Waals surface area contributed by atoms with Crippen molar-refractivity contribution < 1.29 is 4.79 Å². The molecule has 1 heterocycles. The van der Waals surface area contributed by atoms with Crippen LogP contribution >= 0.6 is 11.6 Å². The first-order valence-electron chi connectivity index (χ1n) is 7.81. The highest BCUT2D eigenvalue weighted by atomic mass is 35.5. The van der Waals surface area contributed by atoms with Crippen molar-refractivity contribution in [2.24, 2.45) is 0 Å². The zero-order valence-corrected chi connectivity index (χ0v) is 15.1. The Kier molecular flexibility index (Phi) is 6.15. The number of carbonyl (C=O) groups excluding carboxylic acids is 1. The number of rotatable bonds is 5. The standard InChI is InChI=1S/C19H19ClN4O/c1-12(2)16-6-4-5-13(3)18(16)24-19(25)14(9-21)10-22-17-8-7-15(20)11-23-17/h4-8,10-12H,1-3H3,(H,22,23)(H,24,25)/b14-10-. The van der Waals surface area contributed by atoms with Gasteiger partial charge < -0.3 is 10.6 Å². The molecule has 0 saturated heterocycles. The number of hydrogen-bond donors (Lipinski definition) is 2. The van der Waals surface area contributed by atoms with Gasteiger partial charge in [-0.15, -0.1) is 0 Å². The lowest BCUT2D eigenvalue weighted by Gasteiger charge is -2.16. The number of nitrogens with zero attached hydrogens (tertiary/aromatic N) is 2. The molecule has 0 atom stereocenters. The van der Waals surface area contributed by atoms with Crippen LogP contribution in [0.15, 0.2) is 48.3 Å². The third-order valence-corrected chi connectivity index (χ3v) is 3.85. The second kappa shape index (κ2) is 8.32. The molecular weight excluding hydrogens is 336 g/mol. The molecule has 0 fully saturated rings. The smallest absolute Gasteiger partial charge is 0.267 e. The van der Waals surface area contributed by atoms with Gasteiger partial charge in [0.05, 0.1) is 5.02 Å². The average molecular weight is 355 g/mol. The molecule has 0 bridgehead atoms. The largest absolute Gasteiger partial charge is 0.345 e. The van der Waals surface area contributed by atoms with Gasteiger partial charge in [-0.05, 0) is 36.1 Å². The summed E-state index contributed by atoms with van der Waals surface area (Å²) in [6.07, 6.45) is 2.81. The highest BCUT2D eigenvalue weighted by molar-refractivity contribution is 6.30. The minimum Gasteiger partial charge on any atom is -0.345 e. The van der Waals surface area contributed by atoms with E-state index < -0.39 is 5.91 Å². The van der Waals surface area contributed by atoms with E-state index in [9.17, 15) is 10.1 Å². The topological polar surface area (TPSA) is 77.8 Å². The molecule has 2 N–H and O–H groups in total. The van der Waals surface area contributed by atoms with Gasteiger partial charge in [-0.1, -0.05) is 43.6 Å². The number of anilines is 2. The Morgan fingerprint density at radius 3 is 2.68 bits per heavy atom. The number of pyridine rings is 1. The Labute approximate surface area is 152 Å². The molecule has 0 radical (unpaired) electrons. The highest BCUT2D eigenvalue weighted by Gasteiger charge is 2.15. The van der Waals surface area contributed by atoms with E-state index in [0.717, 1.165) is 16.8 Å². The van der Waals surface area contributed by atoms with Crippen molar-refractivity contribution in [3.05, 3.63) is 64.5 Å². The maximum absolute atomic E-state index is 12.5. The quantitative estimate of drug-likeness (QED) is 0.606. The van der Waals surface area contributed by atoms with Crippen LogP contribution in [0.3, 0.4) is 0 Å². The lowest BCUT2D eigenvalue weighted by molar-refractivity contribution is -0.112. The van der Waals surface area contributed by atoms with Crippen LogP contribution < -0.4 is 10.6 Å². The summed E-state index contributed by atoms with van der Waals surface area (Å²) in [4.78, 5) is 16.5. The van der Waals surface area contributed by atoms with Crippen LogP contribution in [-0.2, 0) is 4.79 Å². The molecule has 1 aromatic heterocycles. The predicted molar refractivity (Wildman–Crippen MR) is 100 cm³/mol. The molecule has 1 amide bonds. The number of aryl methyl sites for hydroxylation is 1. The molecule has 2 rings (SSSR count). The summed E-state index contributed by atoms with van der Waals surface area (Å²) in [5.41, 5.74) is 2.67. The number of nitriles is 1. The van der Waals surface area contributed by atoms with Crippen LogP contribution in [-0.4, -0.2) is 10.9 Å². The van der Waals surface area contributed by atoms with Crippen LogP contribution in [0.2, 0.25) is 5.02 Å². The van der Waals surface area contributed by atoms with E-state index in [0.29, 0.717) is 10.8 Å². The van der Waals surface area contributed by atoms with Crippen molar-refractivity contribution in [1.82, 2.24) is 4.98 Å². The second-order valence-corrected chi connectivity index (χ2v) is 6.26. The minimum atomic E-state index is -0.472. The Bertz CT molecular complexity index is 835. The summed E-state index contributed by atoms with van der Waals surface area (Å²) in [6, 6.07) is 11.1. The summed E-state index contributed by atoms with van der Waals surface area (Å²) in [6.45, 7) is 6.03. The predicted octanol–water partition coefficient (Wildman–Crippen LogP) is 4.62. The van der Waals surface area contributed by atoms with Crippen LogP contribution in [0.5, 0.6) is 0 Å². The minimum absolute atomic E-state index is 0.0466. The van der Waals surface area contributed by atoms with E-state index >= 15 is 0 Å². The maximum atomic E-state index is 12.5. The number of aromatic nitrogens is 1. The molecular formula is C19H19ClN4O. The second-order valence-electron chi connectivity index (χ2n) is 5.82. The molecule has 0 saturated carbocycles. The Hall–Kier alpha value is -2.84. The lowest BCUT2D eigenvalue weighted by Crippen LogP contribution is -2.17. The fraction of sp³-hybridized carbons (Fsp3) is 0.211. The molecule has 1 aromatic carbocycles. The molecule has 5 nitrogen and oxygen atoms in total. The van der Waals surface area contributed by atoms with Gasteiger partial charge >= 0.3 is 0 Å². The Balaban J connectivity index is 2.20. The zero-order chi connectivity index (χ0) is 18.4. The molecule has 6 heteroatoms. The fourth-order valence-electron chi connectivity index (χ4n) is 2.28. The van der Waals surface area contributed by atoms with Gasteiger partial charge in [0.2, 0.25) is 0 Å². The number of para-hydroxylation sites is 1. The number of benzene rings is 1. The first-order chi connectivity index (χ1) is 11.9. The Morgan fingerprint density at radius 1 is 1.32 bits per heavy atom. The molecule has 0 aliphatic rings. The van der Waals surface area contributed by atoms with Crippen LogP contribution in [0.4, 0.5) is 11.5 Å². The summed E-state index contributed by atoms with van der Waals surface area (Å²) in [7, 11) is 0. The molecule has 2 aromatic rings. The molecule has 25 heavy (non-hydrogen) atoms. The van der Waals surface area contributed by atoms with E-state index in [1.807, 2.05) is 31.2 Å². The van der Waals surface area contributed by atoms with Gasteiger partial charge in [0.25, 0.3) is 5.91 Å². The number of carbonyl (C=O) groups is 1. The van der Waals surface area contributed by atoms with Crippen molar-refractivity contribution in [2.45, 2.75) is 26.7 Å². The van der Waals surface area contributed by atoms with Gasteiger partial charge in [-0.2, -0.15) is 5.26 Å². The number of amides is 1. The van der Waals surface area contributed by atoms with Crippen molar-refractivity contribution in [1.29, 1.82) is 5.26 Å². The van der Waals surface area contributed by atoms with Crippen molar-refractivity contribution in [2.75, 3.05) is 10.6 Å². The van der Waals surface area contributed by atoms with Crippen LogP contribution in [0.1, 0.15) is 30.9 Å². The van der Waals surface area contributed by atoms with Crippen LogP contribution in [0.25, 0.3) is 0 Å². The number of nitrogens with one attached hydrogen (secondary N) is 2. The average Bonchev–Trinajstić information content (AvgIpc) is 2.58. The molecule has 0 aliphatic carbocycles. The van der Waals surface area contributed by atoms with E-state index in [1.165, 1.54) is 12.4 Å². The summed E-state index contributed by atoms with van der Waals surface area (Å²) >= 11 is 5.78. The summed E-state index contributed by atoms with van der Waals surface area (Å²) < 4.78 is 0. The molecule has 0 spiro atoms. The normalized spacial score (nSPS) is 11.1. The van der Waals surface area contributed by atoms with Gasteiger partial charge in [0, 0.05) is 18.1 Å². The van der Waals surface area contributed by atoms with Gasteiger partial charge in [-0.25, -0.2) is 4.98 Å². The summed E-state index contributed by atoms with van der Waals surface area (Å²) in [5.74, 6) is 0.269. The molecule has 128 valence electrons. The highest BCUT2D eigenvalue weighted by Crippen LogP contribution is 2.27. The number of halogens is 1. The molecule has 0 aliphatic heterocycles. The first-order valence-corrected chi connectivity index (χ1v) is 8.19.